The van der Waals surface area contributed by atoms with E-state index in [1.54, 1.807) is 11.8 Å². The van der Waals surface area contributed by atoms with Crippen molar-refractivity contribution in [3.8, 4) is 0 Å². The van der Waals surface area contributed by atoms with Crippen molar-refractivity contribution in [3.63, 3.8) is 0 Å². The van der Waals surface area contributed by atoms with Crippen molar-refractivity contribution in [2.24, 2.45) is 0 Å². The van der Waals surface area contributed by atoms with Gasteiger partial charge in [0.25, 0.3) is 0 Å². The summed E-state index contributed by atoms with van der Waals surface area (Å²) < 4.78 is 0. The van der Waals surface area contributed by atoms with Gasteiger partial charge in [-0.05, 0) is 46.7 Å². The van der Waals surface area contributed by atoms with Crippen LogP contribution in [0.25, 0.3) is 0 Å². The van der Waals surface area contributed by atoms with Gasteiger partial charge in [0, 0.05) is 22.7 Å². The Kier molecular flexibility index (Phi) is 6.05. The third kappa shape index (κ3) is 4.92. The minimum Gasteiger partial charge on any atom is -0.394 e. The smallest absolute Gasteiger partial charge is 0.187 e. The van der Waals surface area contributed by atoms with Crippen LogP contribution in [0, 0.1) is 13.8 Å². The third-order valence-corrected chi connectivity index (χ3v) is 3.95. The second kappa shape index (κ2) is 7.07. The Morgan fingerprint density at radius 1 is 1.33 bits per heavy atom. The van der Waals surface area contributed by atoms with E-state index < -0.39 is 0 Å². The molecule has 0 aliphatic rings. The van der Waals surface area contributed by atoms with Gasteiger partial charge in [0.15, 0.2) is 5.16 Å². The molecule has 1 atom stereocenters. The number of aromatic nitrogens is 2. The zero-order valence-corrected chi connectivity index (χ0v) is 12.5. The van der Waals surface area contributed by atoms with Crippen LogP contribution >= 0.6 is 11.8 Å². The van der Waals surface area contributed by atoms with Gasteiger partial charge < -0.3 is 10.4 Å². The summed E-state index contributed by atoms with van der Waals surface area (Å²) in [6.07, 6.45) is 1.97. The molecule has 0 aliphatic carbocycles. The predicted molar refractivity (Wildman–Crippen MR) is 76.0 cm³/mol. The second-order valence-electron chi connectivity index (χ2n) is 4.85. The Morgan fingerprint density at radius 2 is 1.94 bits per heavy atom. The van der Waals surface area contributed by atoms with Gasteiger partial charge in [0.05, 0.1) is 6.61 Å². The zero-order chi connectivity index (χ0) is 13.6. The first-order chi connectivity index (χ1) is 8.49. The fraction of sp³-hybridized carbons (Fsp3) is 0.692. The summed E-state index contributed by atoms with van der Waals surface area (Å²) in [5.74, 6) is 0.972. The van der Waals surface area contributed by atoms with Gasteiger partial charge >= 0.3 is 0 Å². The Bertz CT molecular complexity index is 360. The second-order valence-corrected chi connectivity index (χ2v) is 5.92. The van der Waals surface area contributed by atoms with Gasteiger partial charge in [0.2, 0.25) is 0 Å². The summed E-state index contributed by atoms with van der Waals surface area (Å²) in [4.78, 5) is 8.79. The molecule has 0 saturated carbocycles. The first-order valence-corrected chi connectivity index (χ1v) is 7.22. The topological polar surface area (TPSA) is 58.0 Å². The molecule has 4 nitrogen and oxygen atoms in total. The van der Waals surface area contributed by atoms with Gasteiger partial charge in [-0.15, -0.1) is 0 Å². The molecule has 1 heterocycles. The monoisotopic (exact) mass is 269 g/mol. The van der Waals surface area contributed by atoms with Gasteiger partial charge in [-0.3, -0.25) is 0 Å². The van der Waals surface area contributed by atoms with E-state index in [4.69, 9.17) is 0 Å². The number of hydrogen-bond acceptors (Lipinski definition) is 5. The van der Waals surface area contributed by atoms with Crippen molar-refractivity contribution < 1.29 is 5.11 Å². The van der Waals surface area contributed by atoms with Crippen LogP contribution in [0.15, 0.2) is 11.2 Å². The molecule has 0 fully saturated rings. The summed E-state index contributed by atoms with van der Waals surface area (Å²) in [5, 5.41) is 13.3. The highest BCUT2D eigenvalue weighted by atomic mass is 32.2. The van der Waals surface area contributed by atoms with Crippen molar-refractivity contribution in [2.45, 2.75) is 44.3 Å². The molecule has 0 radical (unpaired) electrons. The van der Waals surface area contributed by atoms with E-state index in [1.807, 2.05) is 33.9 Å². The van der Waals surface area contributed by atoms with E-state index in [9.17, 15) is 5.11 Å². The molecular formula is C13H23N3OS. The molecule has 0 spiro atoms. The summed E-state index contributed by atoms with van der Waals surface area (Å²) in [6, 6.07) is 1.98. The summed E-state index contributed by atoms with van der Waals surface area (Å²) >= 11 is 1.68. The molecule has 5 heteroatoms. The molecule has 102 valence electrons. The number of likely N-dealkylation sites (N-methyl/N-ethyl adjacent to an activating group) is 1. The number of thioether (sulfide) groups is 1. The lowest BCUT2D eigenvalue weighted by Crippen LogP contribution is -2.43. The highest BCUT2D eigenvalue weighted by Crippen LogP contribution is 2.18. The minimum atomic E-state index is -0.177. The van der Waals surface area contributed by atoms with Crippen LogP contribution in [-0.4, -0.2) is 40.0 Å². The standard InChI is InChI=1S/C13H23N3OS/c1-10-8-11(2)16-12(15-10)18-7-5-6-13(3,9-17)14-4/h8,14,17H,5-7,9H2,1-4H3. The highest BCUT2D eigenvalue weighted by molar-refractivity contribution is 7.99. The zero-order valence-electron chi connectivity index (χ0n) is 11.7. The van der Waals surface area contributed by atoms with Gasteiger partial charge in [-0.25, -0.2) is 9.97 Å². The molecule has 18 heavy (non-hydrogen) atoms. The van der Waals surface area contributed by atoms with Crippen molar-refractivity contribution in [1.29, 1.82) is 0 Å². The van der Waals surface area contributed by atoms with E-state index in [-0.39, 0.29) is 12.1 Å². The fourth-order valence-corrected chi connectivity index (χ4v) is 2.56. The van der Waals surface area contributed by atoms with E-state index >= 15 is 0 Å². The van der Waals surface area contributed by atoms with E-state index in [1.165, 1.54) is 0 Å². The average molecular weight is 269 g/mol. The Labute approximate surface area is 114 Å². The third-order valence-electron chi connectivity index (χ3n) is 3.02. The number of aliphatic hydroxyl groups excluding tert-OH is 1. The Hall–Kier alpha value is -0.650. The lowest BCUT2D eigenvalue weighted by Gasteiger charge is -2.26. The van der Waals surface area contributed by atoms with E-state index in [0.29, 0.717) is 0 Å². The number of nitrogens with one attached hydrogen (secondary N) is 1. The minimum absolute atomic E-state index is 0.161. The maximum absolute atomic E-state index is 9.28. The van der Waals surface area contributed by atoms with Crippen LogP contribution < -0.4 is 5.32 Å². The fourth-order valence-electron chi connectivity index (χ4n) is 1.67. The van der Waals surface area contributed by atoms with Crippen LogP contribution in [0.2, 0.25) is 0 Å². The summed E-state index contributed by atoms with van der Waals surface area (Å²) in [7, 11) is 1.89. The van der Waals surface area contributed by atoms with E-state index in [2.05, 4.69) is 15.3 Å². The van der Waals surface area contributed by atoms with Gasteiger partial charge in [0.1, 0.15) is 0 Å². The lowest BCUT2D eigenvalue weighted by atomic mass is 9.98. The Morgan fingerprint density at radius 3 is 2.44 bits per heavy atom. The molecule has 0 saturated heterocycles. The molecule has 1 aromatic rings. The van der Waals surface area contributed by atoms with Crippen molar-refractivity contribution >= 4 is 11.8 Å². The first-order valence-electron chi connectivity index (χ1n) is 6.24. The maximum Gasteiger partial charge on any atom is 0.187 e. The summed E-state index contributed by atoms with van der Waals surface area (Å²) in [5.41, 5.74) is 1.85. The van der Waals surface area contributed by atoms with Crippen LogP contribution in [0.3, 0.4) is 0 Å². The molecule has 2 N–H and O–H groups in total. The van der Waals surface area contributed by atoms with Crippen molar-refractivity contribution in [2.75, 3.05) is 19.4 Å². The predicted octanol–water partition coefficient (Wildman–Crippen LogP) is 1.94. The molecule has 0 bridgehead atoms. The van der Waals surface area contributed by atoms with Crippen LogP contribution in [0.1, 0.15) is 31.2 Å². The highest BCUT2D eigenvalue weighted by Gasteiger charge is 2.19. The number of aryl methyl sites for hydroxylation is 2. The molecule has 0 aromatic carbocycles. The molecule has 0 amide bonds. The van der Waals surface area contributed by atoms with E-state index in [0.717, 1.165) is 35.1 Å². The number of hydrogen-bond donors (Lipinski definition) is 2. The largest absolute Gasteiger partial charge is 0.394 e. The normalized spacial score (nSPS) is 14.5. The van der Waals surface area contributed by atoms with Gasteiger partial charge in [-0.2, -0.15) is 0 Å². The number of aliphatic hydroxyl groups is 1. The number of rotatable bonds is 7. The van der Waals surface area contributed by atoms with Crippen LogP contribution in [0.4, 0.5) is 0 Å². The molecular weight excluding hydrogens is 246 g/mol. The molecule has 0 aliphatic heterocycles. The van der Waals surface area contributed by atoms with Crippen molar-refractivity contribution in [1.82, 2.24) is 15.3 Å². The molecule has 1 aromatic heterocycles. The molecule has 1 unspecified atom stereocenters. The Balaban J connectivity index is 2.38. The molecule has 1 rings (SSSR count). The first kappa shape index (κ1) is 15.4. The summed E-state index contributed by atoms with van der Waals surface area (Å²) in [6.45, 7) is 6.17. The van der Waals surface area contributed by atoms with Crippen molar-refractivity contribution in [3.05, 3.63) is 17.5 Å². The average Bonchev–Trinajstić information content (AvgIpc) is 2.33. The lowest BCUT2D eigenvalue weighted by molar-refractivity contribution is 0.173. The van der Waals surface area contributed by atoms with Crippen LogP contribution in [0.5, 0.6) is 0 Å². The van der Waals surface area contributed by atoms with Crippen LogP contribution in [-0.2, 0) is 0 Å². The quantitative estimate of drug-likeness (QED) is 0.450. The maximum atomic E-state index is 9.28. The number of nitrogens with zero attached hydrogens (tertiary/aromatic N) is 2. The SMILES string of the molecule is CNC(C)(CO)CCCSc1nc(C)cc(C)n1. The van der Waals surface area contributed by atoms with Gasteiger partial charge in [-0.1, -0.05) is 11.8 Å².